The highest BCUT2D eigenvalue weighted by molar-refractivity contribution is 5.91. The van der Waals surface area contributed by atoms with Crippen molar-refractivity contribution in [2.45, 2.75) is 32.7 Å². The van der Waals surface area contributed by atoms with E-state index in [1.165, 1.54) is 0 Å². The molecular weight excluding hydrogens is 236 g/mol. The summed E-state index contributed by atoms with van der Waals surface area (Å²) in [5.74, 6) is 0.780. The molecule has 0 aliphatic heterocycles. The smallest absolute Gasteiger partial charge is 0.153 e. The molecule has 0 atom stereocenters. The van der Waals surface area contributed by atoms with E-state index in [0.717, 1.165) is 35.8 Å². The SMILES string of the molecule is CCC(CC)N(C)c1nc2ccccc2cc1C=O. The molecule has 1 aromatic heterocycles. The fraction of sp³-hybridized carbons (Fsp3) is 0.375. The van der Waals surface area contributed by atoms with Gasteiger partial charge < -0.3 is 4.90 Å². The zero-order valence-electron chi connectivity index (χ0n) is 11.8. The third kappa shape index (κ3) is 2.60. The van der Waals surface area contributed by atoms with Crippen molar-refractivity contribution in [1.29, 1.82) is 0 Å². The molecule has 2 aromatic rings. The van der Waals surface area contributed by atoms with Gasteiger partial charge in [0.05, 0.1) is 11.1 Å². The molecule has 1 heterocycles. The molecule has 19 heavy (non-hydrogen) atoms. The molecule has 0 N–H and O–H groups in total. The molecule has 0 radical (unpaired) electrons. The standard InChI is InChI=1S/C16H20N2O/c1-4-14(5-2)18(3)16-13(11-19)10-12-8-6-7-9-15(12)17-16/h6-11,14H,4-5H2,1-3H3. The number of aromatic nitrogens is 1. The highest BCUT2D eigenvalue weighted by Gasteiger charge is 2.16. The second kappa shape index (κ2) is 5.83. The molecule has 3 nitrogen and oxygen atoms in total. The van der Waals surface area contributed by atoms with Crippen molar-refractivity contribution in [3.63, 3.8) is 0 Å². The summed E-state index contributed by atoms with van der Waals surface area (Å²) >= 11 is 0. The van der Waals surface area contributed by atoms with Crippen LogP contribution in [0.5, 0.6) is 0 Å². The van der Waals surface area contributed by atoms with E-state index in [1.54, 1.807) is 0 Å². The van der Waals surface area contributed by atoms with Gasteiger partial charge in [0.1, 0.15) is 5.82 Å². The van der Waals surface area contributed by atoms with Crippen LogP contribution in [0.2, 0.25) is 0 Å². The van der Waals surface area contributed by atoms with Gasteiger partial charge in [0.15, 0.2) is 6.29 Å². The quantitative estimate of drug-likeness (QED) is 0.765. The minimum atomic E-state index is 0.410. The average Bonchev–Trinajstić information content (AvgIpc) is 2.46. The van der Waals surface area contributed by atoms with Gasteiger partial charge in [0, 0.05) is 18.5 Å². The Morgan fingerprint density at radius 1 is 1.26 bits per heavy atom. The van der Waals surface area contributed by atoms with Crippen molar-refractivity contribution >= 4 is 23.0 Å². The highest BCUT2D eigenvalue weighted by atomic mass is 16.1. The van der Waals surface area contributed by atoms with Crippen LogP contribution < -0.4 is 4.90 Å². The van der Waals surface area contributed by atoms with Crippen LogP contribution in [-0.2, 0) is 0 Å². The lowest BCUT2D eigenvalue weighted by atomic mass is 10.1. The van der Waals surface area contributed by atoms with E-state index in [9.17, 15) is 4.79 Å². The van der Waals surface area contributed by atoms with Crippen molar-refractivity contribution in [1.82, 2.24) is 4.98 Å². The van der Waals surface area contributed by atoms with Gasteiger partial charge in [0.2, 0.25) is 0 Å². The van der Waals surface area contributed by atoms with E-state index in [0.29, 0.717) is 11.6 Å². The molecule has 100 valence electrons. The lowest BCUT2D eigenvalue weighted by Gasteiger charge is -2.28. The van der Waals surface area contributed by atoms with Crippen molar-refractivity contribution in [3.05, 3.63) is 35.9 Å². The molecular formula is C16H20N2O. The molecule has 0 fully saturated rings. The predicted octanol–water partition coefficient (Wildman–Crippen LogP) is 3.67. The predicted molar refractivity (Wildman–Crippen MR) is 79.9 cm³/mol. The number of carbonyl (C=O) groups excluding carboxylic acids is 1. The Labute approximate surface area is 114 Å². The molecule has 3 heteroatoms. The van der Waals surface area contributed by atoms with Crippen LogP contribution in [0.4, 0.5) is 5.82 Å². The topological polar surface area (TPSA) is 33.2 Å². The Balaban J connectivity index is 2.54. The van der Waals surface area contributed by atoms with Gasteiger partial charge in [-0.3, -0.25) is 4.79 Å². The van der Waals surface area contributed by atoms with Gasteiger partial charge in [-0.25, -0.2) is 4.98 Å². The number of hydrogen-bond acceptors (Lipinski definition) is 3. The maximum absolute atomic E-state index is 11.3. The van der Waals surface area contributed by atoms with E-state index in [2.05, 4.69) is 23.7 Å². The molecule has 2 rings (SSSR count). The molecule has 0 amide bonds. The first-order valence-corrected chi connectivity index (χ1v) is 6.79. The number of benzene rings is 1. The fourth-order valence-electron chi connectivity index (χ4n) is 2.50. The summed E-state index contributed by atoms with van der Waals surface area (Å²) in [6, 6.07) is 10.2. The molecule has 0 aliphatic rings. The lowest BCUT2D eigenvalue weighted by molar-refractivity contribution is 0.112. The second-order valence-electron chi connectivity index (χ2n) is 4.79. The summed E-state index contributed by atoms with van der Waals surface area (Å²) in [6.07, 6.45) is 2.98. The van der Waals surface area contributed by atoms with E-state index >= 15 is 0 Å². The van der Waals surface area contributed by atoms with Gasteiger partial charge in [0.25, 0.3) is 0 Å². The third-order valence-corrected chi connectivity index (χ3v) is 3.68. The molecule has 0 unspecified atom stereocenters. The summed E-state index contributed by atoms with van der Waals surface area (Å²) in [5.41, 5.74) is 1.59. The van der Waals surface area contributed by atoms with Crippen LogP contribution in [-0.4, -0.2) is 24.4 Å². The number of rotatable bonds is 5. The van der Waals surface area contributed by atoms with Crippen LogP contribution in [0.1, 0.15) is 37.0 Å². The van der Waals surface area contributed by atoms with Gasteiger partial charge in [-0.2, -0.15) is 0 Å². The number of para-hydroxylation sites is 1. The molecule has 0 saturated heterocycles. The van der Waals surface area contributed by atoms with Gasteiger partial charge in [-0.1, -0.05) is 32.0 Å². The molecule has 0 spiro atoms. The monoisotopic (exact) mass is 256 g/mol. The van der Waals surface area contributed by atoms with E-state index in [4.69, 9.17) is 0 Å². The Morgan fingerprint density at radius 2 is 1.95 bits per heavy atom. The summed E-state index contributed by atoms with van der Waals surface area (Å²) in [4.78, 5) is 18.1. The zero-order valence-corrected chi connectivity index (χ0v) is 11.8. The van der Waals surface area contributed by atoms with Crippen LogP contribution in [0, 0.1) is 0 Å². The first kappa shape index (κ1) is 13.5. The van der Waals surface area contributed by atoms with Crippen LogP contribution in [0.15, 0.2) is 30.3 Å². The minimum absolute atomic E-state index is 0.410. The highest BCUT2D eigenvalue weighted by Crippen LogP contribution is 2.24. The minimum Gasteiger partial charge on any atom is -0.356 e. The number of pyridine rings is 1. The third-order valence-electron chi connectivity index (χ3n) is 3.68. The Hall–Kier alpha value is -1.90. The van der Waals surface area contributed by atoms with Gasteiger partial charge in [-0.15, -0.1) is 0 Å². The average molecular weight is 256 g/mol. The van der Waals surface area contributed by atoms with E-state index in [-0.39, 0.29) is 0 Å². The van der Waals surface area contributed by atoms with Crippen molar-refractivity contribution < 1.29 is 4.79 Å². The van der Waals surface area contributed by atoms with Crippen LogP contribution in [0.3, 0.4) is 0 Å². The Kier molecular flexibility index (Phi) is 4.15. The molecule has 0 bridgehead atoms. The second-order valence-corrected chi connectivity index (χ2v) is 4.79. The maximum Gasteiger partial charge on any atom is 0.153 e. The van der Waals surface area contributed by atoms with E-state index < -0.39 is 0 Å². The lowest BCUT2D eigenvalue weighted by Crippen LogP contribution is -2.31. The maximum atomic E-state index is 11.3. The first-order chi connectivity index (χ1) is 9.21. The van der Waals surface area contributed by atoms with Gasteiger partial charge in [-0.05, 0) is 25.0 Å². The number of aldehydes is 1. The molecule has 1 aromatic carbocycles. The van der Waals surface area contributed by atoms with Crippen molar-refractivity contribution in [2.75, 3.05) is 11.9 Å². The fourth-order valence-corrected chi connectivity index (χ4v) is 2.50. The summed E-state index contributed by atoms with van der Waals surface area (Å²) in [5, 5.41) is 1.01. The zero-order chi connectivity index (χ0) is 13.8. The summed E-state index contributed by atoms with van der Waals surface area (Å²) < 4.78 is 0. The number of anilines is 1. The largest absolute Gasteiger partial charge is 0.356 e. The van der Waals surface area contributed by atoms with Crippen LogP contribution >= 0.6 is 0 Å². The van der Waals surface area contributed by atoms with E-state index in [1.807, 2.05) is 37.4 Å². The van der Waals surface area contributed by atoms with Gasteiger partial charge >= 0.3 is 0 Å². The summed E-state index contributed by atoms with van der Waals surface area (Å²) in [6.45, 7) is 4.32. The number of nitrogens with zero attached hydrogens (tertiary/aromatic N) is 2. The molecule has 0 aliphatic carbocycles. The Morgan fingerprint density at radius 3 is 2.58 bits per heavy atom. The van der Waals surface area contributed by atoms with Crippen molar-refractivity contribution in [2.24, 2.45) is 0 Å². The summed E-state index contributed by atoms with van der Waals surface area (Å²) in [7, 11) is 2.02. The van der Waals surface area contributed by atoms with Crippen LogP contribution in [0.25, 0.3) is 10.9 Å². The number of hydrogen-bond donors (Lipinski definition) is 0. The number of carbonyl (C=O) groups is 1. The molecule has 0 saturated carbocycles. The first-order valence-electron chi connectivity index (χ1n) is 6.79. The normalized spacial score (nSPS) is 10.9. The Bertz CT molecular complexity index is 576. The van der Waals surface area contributed by atoms with Crippen molar-refractivity contribution in [3.8, 4) is 0 Å². The number of fused-ring (bicyclic) bond motifs is 1.